The number of hydrogen-bond donors (Lipinski definition) is 2. The van der Waals surface area contributed by atoms with Crippen molar-refractivity contribution in [2.75, 3.05) is 13.1 Å². The van der Waals surface area contributed by atoms with Crippen LogP contribution in [0, 0.1) is 11.8 Å². The van der Waals surface area contributed by atoms with Crippen molar-refractivity contribution in [2.45, 2.75) is 31.4 Å². The molecule has 136 valence electrons. The van der Waals surface area contributed by atoms with Crippen LogP contribution in [-0.2, 0) is 5.60 Å². The lowest BCUT2D eigenvalue weighted by atomic mass is 9.90. The highest BCUT2D eigenvalue weighted by molar-refractivity contribution is 5.99. The van der Waals surface area contributed by atoms with E-state index in [9.17, 15) is 15.0 Å². The number of hydrogen-bond acceptors (Lipinski definition) is 4. The molecule has 2 aromatic carbocycles. The average Bonchev–Trinajstić information content (AvgIpc) is 3.18. The van der Waals surface area contributed by atoms with Gasteiger partial charge in [-0.05, 0) is 61.4 Å². The zero-order valence-corrected chi connectivity index (χ0v) is 15.0. The predicted octanol–water partition coefficient (Wildman–Crippen LogP) is 3.19. The van der Waals surface area contributed by atoms with Gasteiger partial charge in [-0.25, -0.2) is 0 Å². The largest absolute Gasteiger partial charge is 0.508 e. The fraction of sp³-hybridized carbons (Fsp3) is 0.409. The van der Waals surface area contributed by atoms with E-state index in [-0.39, 0.29) is 17.6 Å². The van der Waals surface area contributed by atoms with Crippen molar-refractivity contribution in [3.8, 4) is 5.75 Å². The molecule has 26 heavy (non-hydrogen) atoms. The number of aliphatic hydroxyl groups is 1. The predicted molar refractivity (Wildman–Crippen MR) is 100 cm³/mol. The zero-order valence-electron chi connectivity index (χ0n) is 15.0. The molecule has 1 saturated heterocycles. The molecule has 0 aromatic heterocycles. The number of Topliss-reactive ketones (excluding diaryl/α,β-unsaturated/α-hetero) is 1. The number of ketones is 1. The van der Waals surface area contributed by atoms with Crippen LogP contribution >= 0.6 is 0 Å². The summed E-state index contributed by atoms with van der Waals surface area (Å²) in [5, 5.41) is 20.5. The molecule has 4 rings (SSSR count). The lowest BCUT2D eigenvalue weighted by molar-refractivity contribution is 0.0297. The second kappa shape index (κ2) is 6.53. The van der Waals surface area contributed by atoms with E-state index in [2.05, 4.69) is 4.90 Å². The molecule has 4 heteroatoms. The summed E-state index contributed by atoms with van der Waals surface area (Å²) in [5.74, 6) is 1.11. The monoisotopic (exact) mass is 351 g/mol. The lowest BCUT2D eigenvalue weighted by Crippen LogP contribution is -2.39. The van der Waals surface area contributed by atoms with E-state index in [0.29, 0.717) is 17.4 Å². The van der Waals surface area contributed by atoms with Gasteiger partial charge in [0.15, 0.2) is 5.78 Å². The Bertz CT molecular complexity index is 773. The number of benzene rings is 2. The third kappa shape index (κ3) is 3.04. The number of phenols is 1. The van der Waals surface area contributed by atoms with Crippen molar-refractivity contribution in [1.29, 1.82) is 0 Å². The van der Waals surface area contributed by atoms with Crippen LogP contribution < -0.4 is 0 Å². The third-order valence-corrected chi connectivity index (χ3v) is 6.19. The Morgan fingerprint density at radius 3 is 2.19 bits per heavy atom. The van der Waals surface area contributed by atoms with Crippen LogP contribution in [0.5, 0.6) is 5.75 Å². The van der Waals surface area contributed by atoms with Crippen LogP contribution in [0.1, 0.15) is 35.7 Å². The van der Waals surface area contributed by atoms with E-state index in [1.807, 2.05) is 37.3 Å². The standard InChI is InChI=1S/C22H25NO3/c1-15(21(25)16-7-9-20(24)10-8-16)23-13-17-11-22(26,12-18(17)14-23)19-5-3-2-4-6-19/h2-10,15,17-18,24,26H,11-14H2,1H3/t15?,17-,18+,22+. The Labute approximate surface area is 154 Å². The van der Waals surface area contributed by atoms with Gasteiger partial charge in [0.25, 0.3) is 0 Å². The highest BCUT2D eigenvalue weighted by atomic mass is 16.3. The van der Waals surface area contributed by atoms with Crippen LogP contribution in [0.15, 0.2) is 54.6 Å². The molecular formula is C22H25NO3. The quantitative estimate of drug-likeness (QED) is 0.831. The molecule has 0 bridgehead atoms. The third-order valence-electron chi connectivity index (χ3n) is 6.19. The molecule has 2 N–H and O–H groups in total. The van der Waals surface area contributed by atoms with E-state index >= 15 is 0 Å². The Morgan fingerprint density at radius 1 is 1.04 bits per heavy atom. The number of carbonyl (C=O) groups is 1. The molecule has 1 aliphatic heterocycles. The molecule has 1 saturated carbocycles. The van der Waals surface area contributed by atoms with Crippen molar-refractivity contribution in [3.05, 3.63) is 65.7 Å². The van der Waals surface area contributed by atoms with E-state index in [1.165, 1.54) is 0 Å². The first-order chi connectivity index (χ1) is 12.5. The number of carbonyl (C=O) groups excluding carboxylic acids is 1. The summed E-state index contributed by atoms with van der Waals surface area (Å²) in [6.45, 7) is 3.66. The van der Waals surface area contributed by atoms with E-state index in [4.69, 9.17) is 0 Å². The van der Waals surface area contributed by atoms with Crippen LogP contribution in [0.4, 0.5) is 0 Å². The Hall–Kier alpha value is -2.17. The maximum atomic E-state index is 12.7. The molecule has 4 nitrogen and oxygen atoms in total. The van der Waals surface area contributed by atoms with Gasteiger partial charge in [-0.2, -0.15) is 0 Å². The summed E-state index contributed by atoms with van der Waals surface area (Å²) in [6.07, 6.45) is 1.52. The van der Waals surface area contributed by atoms with E-state index in [1.54, 1.807) is 24.3 Å². The maximum Gasteiger partial charge on any atom is 0.179 e. The molecule has 1 unspecified atom stereocenters. The maximum absolute atomic E-state index is 12.7. The van der Waals surface area contributed by atoms with Gasteiger partial charge in [0, 0.05) is 18.7 Å². The van der Waals surface area contributed by atoms with Crippen LogP contribution in [0.25, 0.3) is 0 Å². The fourth-order valence-corrected chi connectivity index (χ4v) is 4.72. The Balaban J connectivity index is 1.43. The molecule has 2 fully saturated rings. The summed E-state index contributed by atoms with van der Waals surface area (Å²) >= 11 is 0. The van der Waals surface area contributed by atoms with Crippen LogP contribution in [-0.4, -0.2) is 40.0 Å². The van der Waals surface area contributed by atoms with Gasteiger partial charge < -0.3 is 10.2 Å². The molecule has 2 aliphatic rings. The molecule has 1 heterocycles. The second-order valence-electron chi connectivity index (χ2n) is 7.87. The first-order valence-corrected chi connectivity index (χ1v) is 9.31. The first kappa shape index (κ1) is 17.3. The number of rotatable bonds is 4. The first-order valence-electron chi connectivity index (χ1n) is 9.31. The number of fused-ring (bicyclic) bond motifs is 1. The molecule has 2 aromatic rings. The molecular weight excluding hydrogens is 326 g/mol. The van der Waals surface area contributed by atoms with Gasteiger partial charge in [-0.3, -0.25) is 9.69 Å². The molecule has 1 aliphatic carbocycles. The van der Waals surface area contributed by atoms with Crippen molar-refractivity contribution in [2.24, 2.45) is 11.8 Å². The molecule has 0 amide bonds. The van der Waals surface area contributed by atoms with E-state index < -0.39 is 5.60 Å². The summed E-state index contributed by atoms with van der Waals surface area (Å²) in [4.78, 5) is 15.0. The van der Waals surface area contributed by atoms with E-state index in [0.717, 1.165) is 31.5 Å². The lowest BCUT2D eigenvalue weighted by Gasteiger charge is -2.28. The van der Waals surface area contributed by atoms with Gasteiger partial charge in [0.1, 0.15) is 5.75 Å². The van der Waals surface area contributed by atoms with Crippen molar-refractivity contribution in [1.82, 2.24) is 4.90 Å². The molecule has 0 spiro atoms. The van der Waals surface area contributed by atoms with Crippen molar-refractivity contribution < 1.29 is 15.0 Å². The molecule has 0 radical (unpaired) electrons. The minimum absolute atomic E-state index is 0.0864. The number of aromatic hydroxyl groups is 1. The Kier molecular flexibility index (Phi) is 4.33. The van der Waals surface area contributed by atoms with Crippen molar-refractivity contribution >= 4 is 5.78 Å². The van der Waals surface area contributed by atoms with Crippen LogP contribution in [0.2, 0.25) is 0 Å². The highest BCUT2D eigenvalue weighted by Gasteiger charge is 2.50. The van der Waals surface area contributed by atoms with Gasteiger partial charge in [-0.15, -0.1) is 0 Å². The topological polar surface area (TPSA) is 60.8 Å². The highest BCUT2D eigenvalue weighted by Crippen LogP contribution is 2.49. The van der Waals surface area contributed by atoms with Gasteiger partial charge in [0.05, 0.1) is 11.6 Å². The normalized spacial score (nSPS) is 29.5. The minimum atomic E-state index is -0.729. The second-order valence-corrected chi connectivity index (χ2v) is 7.87. The van der Waals surface area contributed by atoms with Crippen molar-refractivity contribution in [3.63, 3.8) is 0 Å². The van der Waals surface area contributed by atoms with Gasteiger partial charge >= 0.3 is 0 Å². The summed E-state index contributed by atoms with van der Waals surface area (Å²) < 4.78 is 0. The minimum Gasteiger partial charge on any atom is -0.508 e. The average molecular weight is 351 g/mol. The fourth-order valence-electron chi connectivity index (χ4n) is 4.72. The number of likely N-dealkylation sites (tertiary alicyclic amines) is 1. The van der Waals surface area contributed by atoms with Gasteiger partial charge in [0.2, 0.25) is 0 Å². The SMILES string of the molecule is CC(C(=O)c1ccc(O)cc1)N1C[C@@H]2C[C@](O)(c3ccccc3)C[C@@H]2C1. The Morgan fingerprint density at radius 2 is 1.62 bits per heavy atom. The zero-order chi connectivity index (χ0) is 18.3. The van der Waals surface area contributed by atoms with Gasteiger partial charge in [-0.1, -0.05) is 30.3 Å². The smallest absolute Gasteiger partial charge is 0.179 e. The summed E-state index contributed by atoms with van der Waals surface area (Å²) in [5.41, 5.74) is 0.912. The number of phenolic OH excluding ortho intramolecular Hbond substituents is 1. The summed E-state index contributed by atoms with van der Waals surface area (Å²) in [6, 6.07) is 16.2. The summed E-state index contributed by atoms with van der Waals surface area (Å²) in [7, 11) is 0. The van der Waals surface area contributed by atoms with Crippen LogP contribution in [0.3, 0.4) is 0 Å². The number of nitrogens with zero attached hydrogens (tertiary/aromatic N) is 1. The molecule has 4 atom stereocenters.